The first kappa shape index (κ1) is 11.7. The van der Waals surface area contributed by atoms with Gasteiger partial charge in [0.25, 0.3) is 0 Å². The van der Waals surface area contributed by atoms with Crippen molar-refractivity contribution in [2.24, 2.45) is 5.14 Å². The van der Waals surface area contributed by atoms with Crippen LogP contribution < -0.4 is 16.2 Å². The van der Waals surface area contributed by atoms with Gasteiger partial charge in [-0.25, -0.2) is 18.5 Å². The summed E-state index contributed by atoms with van der Waals surface area (Å²) < 4.78 is 21.2. The zero-order chi connectivity index (χ0) is 11.3. The molecule has 1 heterocycles. The maximum atomic E-state index is 10.6. The van der Waals surface area contributed by atoms with E-state index >= 15 is 0 Å². The minimum absolute atomic E-state index is 0.0394. The Bertz CT molecular complexity index is 418. The molecule has 1 rings (SSSR count). The summed E-state index contributed by atoms with van der Waals surface area (Å²) in [7, 11) is -3.37. The lowest BCUT2D eigenvalue weighted by Crippen LogP contribution is -2.18. The number of sulfonamides is 1. The molecule has 0 atom stereocenters. The van der Waals surface area contributed by atoms with Crippen LogP contribution in [0.5, 0.6) is 0 Å². The first-order valence-electron chi connectivity index (χ1n) is 4.44. The highest BCUT2D eigenvalue weighted by Gasteiger charge is 2.01. The number of pyridine rings is 1. The number of aromatic nitrogens is 1. The van der Waals surface area contributed by atoms with Gasteiger partial charge in [-0.15, -0.1) is 0 Å². The molecular formula is C8H14N4O2S. The zero-order valence-corrected chi connectivity index (χ0v) is 9.00. The first-order valence-corrected chi connectivity index (χ1v) is 6.16. The summed E-state index contributed by atoms with van der Waals surface area (Å²) in [5.74, 6) is 1.01. The number of nitrogens with two attached hydrogens (primary N) is 2. The molecule has 1 aromatic rings. The van der Waals surface area contributed by atoms with Crippen molar-refractivity contribution < 1.29 is 8.42 Å². The number of anilines is 2. The minimum Gasteiger partial charge on any atom is -0.384 e. The van der Waals surface area contributed by atoms with E-state index in [9.17, 15) is 8.42 Å². The first-order chi connectivity index (χ1) is 6.97. The molecule has 84 valence electrons. The molecule has 0 fully saturated rings. The van der Waals surface area contributed by atoms with Gasteiger partial charge in [-0.2, -0.15) is 0 Å². The summed E-state index contributed by atoms with van der Waals surface area (Å²) in [5.41, 5.74) is 5.47. The number of hydrogen-bond acceptors (Lipinski definition) is 5. The Balaban J connectivity index is 2.32. The second-order valence-electron chi connectivity index (χ2n) is 3.10. The van der Waals surface area contributed by atoms with E-state index in [1.54, 1.807) is 18.2 Å². The van der Waals surface area contributed by atoms with Crippen molar-refractivity contribution in [2.75, 3.05) is 23.3 Å². The highest BCUT2D eigenvalue weighted by molar-refractivity contribution is 7.89. The van der Waals surface area contributed by atoms with Crippen LogP contribution in [0.1, 0.15) is 6.42 Å². The summed E-state index contributed by atoms with van der Waals surface area (Å²) >= 11 is 0. The Morgan fingerprint density at radius 1 is 1.40 bits per heavy atom. The SMILES string of the molecule is Nc1cccc(NCCCS(N)(=O)=O)n1. The zero-order valence-electron chi connectivity index (χ0n) is 8.18. The Labute approximate surface area is 88.7 Å². The van der Waals surface area contributed by atoms with Gasteiger partial charge in [0.15, 0.2) is 0 Å². The fourth-order valence-electron chi connectivity index (χ4n) is 1.04. The Kier molecular flexibility index (Phi) is 3.87. The molecule has 5 N–H and O–H groups in total. The van der Waals surface area contributed by atoms with Crippen LogP contribution in [0.4, 0.5) is 11.6 Å². The average molecular weight is 230 g/mol. The van der Waals surface area contributed by atoms with Gasteiger partial charge in [0, 0.05) is 6.54 Å². The van der Waals surface area contributed by atoms with Crippen molar-refractivity contribution in [2.45, 2.75) is 6.42 Å². The Hall–Kier alpha value is -1.34. The van der Waals surface area contributed by atoms with Crippen LogP contribution in [0.25, 0.3) is 0 Å². The van der Waals surface area contributed by atoms with Crippen LogP contribution in [0.2, 0.25) is 0 Å². The van der Waals surface area contributed by atoms with Gasteiger partial charge >= 0.3 is 0 Å². The van der Waals surface area contributed by atoms with Crippen LogP contribution in [-0.4, -0.2) is 25.7 Å². The van der Waals surface area contributed by atoms with Crippen molar-refractivity contribution in [1.29, 1.82) is 0 Å². The third-order valence-corrected chi connectivity index (χ3v) is 2.54. The predicted octanol–water partition coefficient (Wildman–Crippen LogP) is -0.246. The van der Waals surface area contributed by atoms with Crippen LogP contribution in [0.3, 0.4) is 0 Å². The second-order valence-corrected chi connectivity index (χ2v) is 4.83. The smallest absolute Gasteiger partial charge is 0.209 e. The van der Waals surface area contributed by atoms with E-state index in [-0.39, 0.29) is 5.75 Å². The normalized spacial score (nSPS) is 11.3. The average Bonchev–Trinajstić information content (AvgIpc) is 2.11. The maximum absolute atomic E-state index is 10.6. The highest BCUT2D eigenvalue weighted by atomic mass is 32.2. The van der Waals surface area contributed by atoms with Gasteiger partial charge in [0.1, 0.15) is 11.6 Å². The van der Waals surface area contributed by atoms with E-state index in [1.165, 1.54) is 0 Å². The number of primary sulfonamides is 1. The molecule has 0 unspecified atom stereocenters. The van der Waals surface area contributed by atoms with Crippen LogP contribution in [-0.2, 0) is 10.0 Å². The number of hydrogen-bond donors (Lipinski definition) is 3. The Morgan fingerprint density at radius 3 is 2.73 bits per heavy atom. The highest BCUT2D eigenvalue weighted by Crippen LogP contribution is 2.05. The number of rotatable bonds is 5. The van der Waals surface area contributed by atoms with E-state index in [2.05, 4.69) is 10.3 Å². The molecular weight excluding hydrogens is 216 g/mol. The molecule has 0 aliphatic carbocycles. The van der Waals surface area contributed by atoms with Gasteiger partial charge in [0.2, 0.25) is 10.0 Å². The molecule has 0 radical (unpaired) electrons. The lowest BCUT2D eigenvalue weighted by Gasteiger charge is -2.04. The number of nitrogens with zero attached hydrogens (tertiary/aromatic N) is 1. The molecule has 6 nitrogen and oxygen atoms in total. The topological polar surface area (TPSA) is 111 Å². The van der Waals surface area contributed by atoms with Crippen molar-refractivity contribution in [3.63, 3.8) is 0 Å². The second kappa shape index (κ2) is 4.94. The van der Waals surface area contributed by atoms with Gasteiger partial charge < -0.3 is 11.1 Å². The van der Waals surface area contributed by atoms with Gasteiger partial charge in [-0.1, -0.05) is 6.07 Å². The summed E-state index contributed by atoms with van der Waals surface area (Å²) in [6, 6.07) is 5.20. The van der Waals surface area contributed by atoms with E-state index < -0.39 is 10.0 Å². The van der Waals surface area contributed by atoms with Gasteiger partial charge in [-0.05, 0) is 18.6 Å². The van der Waals surface area contributed by atoms with Crippen LogP contribution in [0.15, 0.2) is 18.2 Å². The third-order valence-electron chi connectivity index (χ3n) is 1.68. The van der Waals surface area contributed by atoms with Crippen molar-refractivity contribution >= 4 is 21.7 Å². The van der Waals surface area contributed by atoms with E-state index in [1.807, 2.05) is 0 Å². The van der Waals surface area contributed by atoms with E-state index in [4.69, 9.17) is 10.9 Å². The summed E-state index contributed by atoms with van der Waals surface area (Å²) in [6.45, 7) is 0.493. The standard InChI is InChI=1S/C8H14N4O2S/c9-7-3-1-4-8(12-7)11-5-2-6-15(10,13)14/h1,3-4H,2,5-6H2,(H3,9,11,12)(H2,10,13,14). The van der Waals surface area contributed by atoms with E-state index in [0.717, 1.165) is 0 Å². The van der Waals surface area contributed by atoms with Crippen molar-refractivity contribution in [3.8, 4) is 0 Å². The maximum Gasteiger partial charge on any atom is 0.209 e. The molecule has 0 saturated carbocycles. The fourth-order valence-corrected chi connectivity index (χ4v) is 1.59. The number of nitrogens with one attached hydrogen (secondary N) is 1. The molecule has 0 amide bonds. The molecule has 15 heavy (non-hydrogen) atoms. The summed E-state index contributed by atoms with van der Waals surface area (Å²) in [4.78, 5) is 3.99. The predicted molar refractivity (Wildman–Crippen MR) is 59.7 cm³/mol. The number of nitrogen functional groups attached to an aromatic ring is 1. The molecule has 0 aliphatic rings. The molecule has 7 heteroatoms. The molecule has 0 saturated heterocycles. The molecule has 1 aromatic heterocycles. The lowest BCUT2D eigenvalue weighted by atomic mass is 10.4. The monoisotopic (exact) mass is 230 g/mol. The quantitative estimate of drug-likeness (QED) is 0.604. The largest absolute Gasteiger partial charge is 0.384 e. The third kappa shape index (κ3) is 5.18. The van der Waals surface area contributed by atoms with Crippen LogP contribution in [0, 0.1) is 0 Å². The minimum atomic E-state index is -3.37. The fraction of sp³-hybridized carbons (Fsp3) is 0.375. The Morgan fingerprint density at radius 2 is 2.13 bits per heavy atom. The van der Waals surface area contributed by atoms with E-state index in [0.29, 0.717) is 24.6 Å². The van der Waals surface area contributed by atoms with Crippen molar-refractivity contribution in [3.05, 3.63) is 18.2 Å². The van der Waals surface area contributed by atoms with Gasteiger partial charge in [-0.3, -0.25) is 0 Å². The lowest BCUT2D eigenvalue weighted by molar-refractivity contribution is 0.595. The molecule has 0 aliphatic heterocycles. The summed E-state index contributed by atoms with van der Waals surface area (Å²) in [6.07, 6.45) is 0.440. The summed E-state index contributed by atoms with van der Waals surface area (Å²) in [5, 5.41) is 7.79. The van der Waals surface area contributed by atoms with Gasteiger partial charge in [0.05, 0.1) is 5.75 Å². The molecule has 0 spiro atoms. The van der Waals surface area contributed by atoms with Crippen LogP contribution >= 0.6 is 0 Å². The molecule has 0 bridgehead atoms. The molecule has 0 aromatic carbocycles. The van der Waals surface area contributed by atoms with Crippen molar-refractivity contribution in [1.82, 2.24) is 4.98 Å².